The minimum Gasteiger partial charge on any atom is -0.445 e. The van der Waals surface area contributed by atoms with Crippen molar-refractivity contribution in [2.24, 2.45) is 0 Å². The third-order valence-corrected chi connectivity index (χ3v) is 5.02. The largest absolute Gasteiger partial charge is 0.445 e. The van der Waals surface area contributed by atoms with Crippen LogP contribution in [0.3, 0.4) is 0 Å². The van der Waals surface area contributed by atoms with Crippen LogP contribution in [-0.2, 0) is 0 Å². The maximum Gasteiger partial charge on any atom is 0.226 e. The molecule has 0 unspecified atom stereocenters. The summed E-state index contributed by atoms with van der Waals surface area (Å²) in [6.07, 6.45) is 4.19. The Hall–Kier alpha value is -4.13. The molecule has 5 rings (SSSR count). The number of aromatic nitrogens is 2. The zero-order valence-corrected chi connectivity index (χ0v) is 15.9. The van der Waals surface area contributed by atoms with Crippen molar-refractivity contribution in [2.45, 2.75) is 0 Å². The summed E-state index contributed by atoms with van der Waals surface area (Å²) in [5, 5.41) is 0. The molecule has 0 saturated carbocycles. The van der Waals surface area contributed by atoms with Crippen LogP contribution in [0.5, 0.6) is 0 Å². The monoisotopic (exact) mass is 418 g/mol. The summed E-state index contributed by atoms with van der Waals surface area (Å²) in [5.74, 6) is -2.14. The Morgan fingerprint density at radius 1 is 0.839 bits per heavy atom. The van der Waals surface area contributed by atoms with Gasteiger partial charge in [0.05, 0.1) is 28.5 Å². The van der Waals surface area contributed by atoms with Gasteiger partial charge in [-0.3, -0.25) is 4.79 Å². The minimum atomic E-state index is -0.911. The van der Waals surface area contributed by atoms with Crippen molar-refractivity contribution in [2.75, 3.05) is 0 Å². The van der Waals surface area contributed by atoms with E-state index < -0.39 is 22.6 Å². The molecule has 0 aliphatic heterocycles. The standard InChI is InChI=1S/C24H13F3N2O2/c25-16-6-4-14(5-7-16)19-2-1-3-20-23(21(30)8-10-29(19)20)22-17(26)12-15(13-18(22)27)24-28-9-11-31-24/h1-13H. The highest BCUT2D eigenvalue weighted by molar-refractivity contribution is 5.83. The molecule has 7 heteroatoms. The number of fused-ring (bicyclic) bond motifs is 1. The van der Waals surface area contributed by atoms with E-state index in [0.29, 0.717) is 16.8 Å². The van der Waals surface area contributed by atoms with Crippen LogP contribution in [0.4, 0.5) is 13.2 Å². The number of hydrogen-bond donors (Lipinski definition) is 0. The SMILES string of the molecule is O=c1ccn2c(-c3ccc(F)cc3)cccc2c1-c1c(F)cc(-c2ncco2)cc1F. The van der Waals surface area contributed by atoms with Crippen LogP contribution in [0.1, 0.15) is 0 Å². The van der Waals surface area contributed by atoms with Gasteiger partial charge in [-0.25, -0.2) is 18.2 Å². The third-order valence-electron chi connectivity index (χ3n) is 5.02. The highest BCUT2D eigenvalue weighted by Gasteiger charge is 2.21. The molecule has 0 radical (unpaired) electrons. The molecule has 0 amide bonds. The summed E-state index contributed by atoms with van der Waals surface area (Å²) in [5.41, 5.74) is 0.679. The van der Waals surface area contributed by atoms with Crippen LogP contribution in [0.25, 0.3) is 39.4 Å². The molecule has 0 saturated heterocycles. The lowest BCUT2D eigenvalue weighted by Crippen LogP contribution is -2.10. The zero-order chi connectivity index (χ0) is 21.5. The summed E-state index contributed by atoms with van der Waals surface area (Å²) in [7, 11) is 0. The second-order valence-electron chi connectivity index (χ2n) is 6.88. The third kappa shape index (κ3) is 3.20. The lowest BCUT2D eigenvalue weighted by Gasteiger charge is -2.14. The number of nitrogens with zero attached hydrogens (tertiary/aromatic N) is 2. The lowest BCUT2D eigenvalue weighted by atomic mass is 10.00. The number of benzene rings is 2. The molecule has 3 aromatic heterocycles. The fourth-order valence-corrected chi connectivity index (χ4v) is 3.65. The molecule has 0 aliphatic carbocycles. The predicted octanol–water partition coefficient (Wildman–Crippen LogP) is 5.71. The Balaban J connectivity index is 1.76. The Labute approximate surface area is 173 Å². The maximum atomic E-state index is 15.1. The molecule has 0 N–H and O–H groups in total. The number of oxazole rings is 1. The fourth-order valence-electron chi connectivity index (χ4n) is 3.65. The molecular weight excluding hydrogens is 405 g/mol. The molecule has 2 aromatic carbocycles. The van der Waals surface area contributed by atoms with Crippen LogP contribution in [0.2, 0.25) is 0 Å². The van der Waals surface area contributed by atoms with Crippen LogP contribution in [-0.4, -0.2) is 9.38 Å². The summed E-state index contributed by atoms with van der Waals surface area (Å²) >= 11 is 0. The van der Waals surface area contributed by atoms with Crippen molar-refractivity contribution in [3.63, 3.8) is 0 Å². The first kappa shape index (κ1) is 18.9. The van der Waals surface area contributed by atoms with E-state index in [-0.39, 0.29) is 22.8 Å². The maximum absolute atomic E-state index is 15.1. The Morgan fingerprint density at radius 2 is 1.58 bits per heavy atom. The average molecular weight is 418 g/mol. The van der Waals surface area contributed by atoms with Crippen molar-refractivity contribution in [3.8, 4) is 33.8 Å². The molecule has 5 aromatic rings. The molecule has 0 bridgehead atoms. The highest BCUT2D eigenvalue weighted by atomic mass is 19.1. The number of hydrogen-bond acceptors (Lipinski definition) is 3. The van der Waals surface area contributed by atoms with Crippen molar-refractivity contribution in [1.29, 1.82) is 0 Å². The smallest absolute Gasteiger partial charge is 0.226 e. The van der Waals surface area contributed by atoms with Gasteiger partial charge in [0, 0.05) is 17.8 Å². The minimum absolute atomic E-state index is 0.0672. The molecule has 3 heterocycles. The average Bonchev–Trinajstić information content (AvgIpc) is 3.30. The normalized spacial score (nSPS) is 11.2. The van der Waals surface area contributed by atoms with Crippen LogP contribution in [0, 0.1) is 17.5 Å². The number of halogens is 3. The first-order valence-electron chi connectivity index (χ1n) is 9.32. The van der Waals surface area contributed by atoms with Gasteiger partial charge in [-0.1, -0.05) is 6.07 Å². The van der Waals surface area contributed by atoms with Gasteiger partial charge in [0.1, 0.15) is 23.7 Å². The molecule has 0 atom stereocenters. The summed E-state index contributed by atoms with van der Waals surface area (Å²) in [4.78, 5) is 16.6. The van der Waals surface area contributed by atoms with Crippen molar-refractivity contribution < 1.29 is 17.6 Å². The van der Waals surface area contributed by atoms with Crippen molar-refractivity contribution in [1.82, 2.24) is 9.38 Å². The molecule has 0 aliphatic rings. The van der Waals surface area contributed by atoms with E-state index in [0.717, 1.165) is 12.1 Å². The first-order valence-corrected chi connectivity index (χ1v) is 9.32. The molecular formula is C24H13F3N2O2. The Kier molecular flexibility index (Phi) is 4.43. The molecule has 31 heavy (non-hydrogen) atoms. The van der Waals surface area contributed by atoms with Gasteiger partial charge in [-0.2, -0.15) is 0 Å². The molecule has 4 nitrogen and oxygen atoms in total. The first-order chi connectivity index (χ1) is 15.0. The van der Waals surface area contributed by atoms with Crippen molar-refractivity contribution in [3.05, 3.63) is 107 Å². The highest BCUT2D eigenvalue weighted by Crippen LogP contribution is 2.32. The van der Waals surface area contributed by atoms with E-state index in [2.05, 4.69) is 4.98 Å². The van der Waals surface area contributed by atoms with Crippen LogP contribution in [0.15, 0.2) is 88.5 Å². The Morgan fingerprint density at radius 3 is 2.26 bits per heavy atom. The van der Waals surface area contributed by atoms with Gasteiger partial charge in [-0.15, -0.1) is 0 Å². The Bertz CT molecular complexity index is 1450. The second kappa shape index (κ2) is 7.28. The van der Waals surface area contributed by atoms with Crippen molar-refractivity contribution >= 4 is 5.52 Å². The van der Waals surface area contributed by atoms with Gasteiger partial charge in [0.25, 0.3) is 0 Å². The van der Waals surface area contributed by atoms with E-state index in [1.807, 2.05) is 0 Å². The summed E-state index contributed by atoms with van der Waals surface area (Å²) in [6, 6.07) is 14.3. The molecule has 0 fully saturated rings. The van der Waals surface area contributed by atoms with E-state index in [9.17, 15) is 9.18 Å². The van der Waals surface area contributed by atoms with Crippen LogP contribution < -0.4 is 5.43 Å². The fraction of sp³-hybridized carbons (Fsp3) is 0. The van der Waals surface area contributed by atoms with E-state index in [4.69, 9.17) is 4.42 Å². The van der Waals surface area contributed by atoms with Gasteiger partial charge in [0.15, 0.2) is 5.43 Å². The predicted molar refractivity (Wildman–Crippen MR) is 110 cm³/mol. The lowest BCUT2D eigenvalue weighted by molar-refractivity contribution is 0.565. The van der Waals surface area contributed by atoms with Gasteiger partial charge >= 0.3 is 0 Å². The topological polar surface area (TPSA) is 47.5 Å². The second-order valence-corrected chi connectivity index (χ2v) is 6.88. The van der Waals surface area contributed by atoms with E-state index >= 15 is 8.78 Å². The molecule has 0 spiro atoms. The van der Waals surface area contributed by atoms with E-state index in [1.54, 1.807) is 34.7 Å². The zero-order valence-electron chi connectivity index (χ0n) is 15.9. The van der Waals surface area contributed by atoms with Gasteiger partial charge in [0.2, 0.25) is 5.89 Å². The van der Waals surface area contributed by atoms with E-state index in [1.165, 1.54) is 36.9 Å². The molecule has 152 valence electrons. The van der Waals surface area contributed by atoms with Crippen LogP contribution >= 0.6 is 0 Å². The van der Waals surface area contributed by atoms with Gasteiger partial charge < -0.3 is 8.82 Å². The summed E-state index contributed by atoms with van der Waals surface area (Å²) in [6.45, 7) is 0. The van der Waals surface area contributed by atoms with Gasteiger partial charge in [-0.05, 0) is 54.1 Å². The number of pyridine rings is 2. The quantitative estimate of drug-likeness (QED) is 0.377. The summed E-state index contributed by atoms with van der Waals surface area (Å²) < 4.78 is 50.2. The number of rotatable bonds is 3.